The van der Waals surface area contributed by atoms with Gasteiger partial charge in [-0.05, 0) is 120 Å². The third-order valence-corrected chi connectivity index (χ3v) is 29.6. The molecular weight excluding hydrogens is 1970 g/mol. The molecule has 17 atom stereocenters. The summed E-state index contributed by atoms with van der Waals surface area (Å²) in [6, 6.07) is -18.0. The van der Waals surface area contributed by atoms with Crippen LogP contribution in [0, 0.1) is 44.8 Å². The number of nitrogens with one attached hydrogen (secondary N) is 28. The van der Waals surface area contributed by atoms with Gasteiger partial charge in [-0.15, -0.1) is 0 Å². The van der Waals surface area contributed by atoms with E-state index in [9.17, 15) is 33.6 Å². The highest BCUT2D eigenvalue weighted by atomic mass is 33.1. The second-order valence-corrected chi connectivity index (χ2v) is 42.4. The lowest BCUT2D eigenvalue weighted by molar-refractivity contribution is -0.136. The first-order valence-electron chi connectivity index (χ1n) is 46.7. The summed E-state index contributed by atoms with van der Waals surface area (Å²) in [5.74, 6) is -25.5. The van der Waals surface area contributed by atoms with Crippen molar-refractivity contribution < 1.29 is 86.3 Å². The second-order valence-electron chi connectivity index (χ2n) is 34.7. The molecule has 4 saturated heterocycles. The van der Waals surface area contributed by atoms with Crippen LogP contribution >= 0.6 is 64.8 Å². The van der Waals surface area contributed by atoms with E-state index in [0.717, 1.165) is 64.8 Å². The fraction of sp³-hybridized carbons (Fsp3) is 0.655. The maximum Gasteiger partial charge on any atom is 0.244 e. The number of nitrogens with two attached hydrogens (primary N) is 6. The predicted molar refractivity (Wildman–Crippen MR) is 544 cm³/mol. The third-order valence-electron chi connectivity index (χ3n) is 22.3. The number of unbranched alkanes of at least 4 members (excludes halogenated alkanes) is 1. The molecule has 1 aromatic rings. The molecule has 142 heavy (non-hydrogen) atoms. The largest absolute Gasteiger partial charge is 0.370 e. The van der Waals surface area contributed by atoms with E-state index in [0.29, 0.717) is 12.0 Å². The molecule has 4 fully saturated rings. The van der Waals surface area contributed by atoms with Gasteiger partial charge in [-0.25, -0.2) is 0 Å². The first kappa shape index (κ1) is 121. The summed E-state index contributed by atoms with van der Waals surface area (Å²) in [6.45, 7) is 8.07. The number of rotatable bonds is 31. The molecule has 0 unspecified atom stereocenters. The number of carbonyl (C=O) groups excluding carboxylic acids is 18. The van der Waals surface area contributed by atoms with Crippen molar-refractivity contribution in [2.45, 2.75) is 241 Å². The monoisotopic (exact) mass is 2110 g/mol. The molecule has 1 aromatic carbocycles. The van der Waals surface area contributed by atoms with Crippen molar-refractivity contribution in [1.29, 1.82) is 27.0 Å². The van der Waals surface area contributed by atoms with Crippen LogP contribution in [0.5, 0.6) is 0 Å². The maximum absolute atomic E-state index is 15.7. The summed E-state index contributed by atoms with van der Waals surface area (Å²) in [7, 11) is 4.99. The number of guanidine groups is 5. The first-order chi connectivity index (χ1) is 67.5. The molecule has 792 valence electrons. The number of fused-ring (bicyclic) bond motifs is 15. The average molecular weight is 2110 g/mol. The van der Waals surface area contributed by atoms with Crippen LogP contribution in [0.3, 0.4) is 0 Å². The van der Waals surface area contributed by atoms with Gasteiger partial charge in [0.25, 0.3) is 0 Å². The van der Waals surface area contributed by atoms with E-state index in [1.807, 2.05) is 0 Å². The highest BCUT2D eigenvalue weighted by Crippen LogP contribution is 2.28. The zero-order valence-electron chi connectivity index (χ0n) is 80.3. The van der Waals surface area contributed by atoms with E-state index in [1.54, 1.807) is 71.9 Å². The van der Waals surface area contributed by atoms with Crippen molar-refractivity contribution in [2.24, 2.45) is 52.2 Å². The Balaban J connectivity index is 1.87. The van der Waals surface area contributed by atoms with Crippen LogP contribution in [0.2, 0.25) is 0 Å². The molecule has 4 heterocycles. The average Bonchev–Trinajstić information content (AvgIpc) is 0.854. The number of carbonyl (C=O) groups is 18. The van der Waals surface area contributed by atoms with Gasteiger partial charge in [0, 0.05) is 73.7 Å². The van der Waals surface area contributed by atoms with Crippen molar-refractivity contribution in [2.75, 3.05) is 86.9 Å². The Kier molecular flexibility index (Phi) is 54.8. The van der Waals surface area contributed by atoms with Crippen molar-refractivity contribution in [1.82, 2.24) is 122 Å². The van der Waals surface area contributed by atoms with E-state index >= 15 is 52.7 Å². The zero-order valence-corrected chi connectivity index (χ0v) is 85.2. The molecule has 0 aliphatic carbocycles. The molecule has 0 aromatic heterocycles. The van der Waals surface area contributed by atoms with E-state index < -0.39 is 298 Å². The van der Waals surface area contributed by atoms with Crippen molar-refractivity contribution in [3.63, 3.8) is 0 Å². The van der Waals surface area contributed by atoms with Gasteiger partial charge in [0.15, 0.2) is 29.8 Å². The fourth-order valence-electron chi connectivity index (χ4n) is 14.4. The van der Waals surface area contributed by atoms with Crippen LogP contribution in [-0.4, -0.2) is 320 Å². The molecule has 5 rings (SSSR count). The van der Waals surface area contributed by atoms with Crippen LogP contribution in [0.4, 0.5) is 0 Å². The van der Waals surface area contributed by atoms with Gasteiger partial charge in [0.05, 0.1) is 13.1 Å². The summed E-state index contributed by atoms with van der Waals surface area (Å²) in [5.41, 5.74) is 34.6. The Morgan fingerprint density at radius 2 is 0.585 bits per heavy atom. The van der Waals surface area contributed by atoms with E-state index in [-0.39, 0.29) is 136 Å². The van der Waals surface area contributed by atoms with Gasteiger partial charge in [-0.2, -0.15) is 0 Å². The van der Waals surface area contributed by atoms with Gasteiger partial charge < -0.3 is 157 Å². The zero-order chi connectivity index (χ0) is 105. The molecule has 6 bridgehead atoms. The molecule has 0 spiro atoms. The van der Waals surface area contributed by atoms with E-state index in [4.69, 9.17) is 61.4 Å². The lowest BCUT2D eigenvalue weighted by Crippen LogP contribution is -2.62. The van der Waals surface area contributed by atoms with Crippen molar-refractivity contribution in [3.05, 3.63) is 35.9 Å². The van der Waals surface area contributed by atoms with Gasteiger partial charge in [0.2, 0.25) is 106 Å². The number of hydrogen-bond acceptors (Lipinski definition) is 30. The Hall–Kier alpha value is -11.9. The van der Waals surface area contributed by atoms with Crippen LogP contribution in [-0.2, 0) is 92.7 Å². The van der Waals surface area contributed by atoms with Crippen molar-refractivity contribution >= 4 is 201 Å². The maximum atomic E-state index is 15.7. The second kappa shape index (κ2) is 64.6. The Morgan fingerprint density at radius 3 is 0.894 bits per heavy atom. The van der Waals surface area contributed by atoms with Gasteiger partial charge in [-0.1, -0.05) is 143 Å². The van der Waals surface area contributed by atoms with Gasteiger partial charge in [-0.3, -0.25) is 113 Å². The molecule has 52 nitrogen and oxygen atoms in total. The Bertz CT molecular complexity index is 4500. The minimum absolute atomic E-state index is 0.00974. The summed E-state index contributed by atoms with van der Waals surface area (Å²) in [5, 5.41) is 100. The third kappa shape index (κ3) is 45.6. The smallest absolute Gasteiger partial charge is 0.244 e. The lowest BCUT2D eigenvalue weighted by atomic mass is 9.97. The van der Waals surface area contributed by atoms with Gasteiger partial charge >= 0.3 is 0 Å². The van der Waals surface area contributed by atoms with E-state index in [1.165, 1.54) is 0 Å². The summed E-state index contributed by atoms with van der Waals surface area (Å²) >= 11 is 0. The van der Waals surface area contributed by atoms with E-state index in [2.05, 4.69) is 122 Å². The fourth-order valence-corrected chi connectivity index (χ4v) is 21.4. The van der Waals surface area contributed by atoms with Crippen LogP contribution in [0.1, 0.15) is 143 Å². The summed E-state index contributed by atoms with van der Waals surface area (Å²) in [4.78, 5) is 272. The molecule has 18 amide bonds. The predicted octanol–water partition coefficient (Wildman–Crippen LogP) is -8.39. The summed E-state index contributed by atoms with van der Waals surface area (Å²) in [6.07, 6.45) is -1.13. The van der Waals surface area contributed by atoms with Gasteiger partial charge in [0.1, 0.15) is 96.7 Å². The topological polar surface area (TPSA) is 859 Å². The molecule has 0 radical (unpaired) electrons. The number of benzene rings is 1. The first-order valence-corrected chi connectivity index (χ1v) is 54.2. The molecule has 4 aliphatic rings. The van der Waals surface area contributed by atoms with Crippen LogP contribution in [0.25, 0.3) is 0 Å². The minimum Gasteiger partial charge on any atom is -0.370 e. The molecule has 58 heteroatoms. The van der Waals surface area contributed by atoms with Crippen LogP contribution < -0.4 is 157 Å². The quantitative estimate of drug-likeness (QED) is 0.0142. The number of hydrogen-bond donors (Lipinski definition) is 34. The molecule has 0 saturated carbocycles. The summed E-state index contributed by atoms with van der Waals surface area (Å²) < 4.78 is 0. The molecule has 4 aliphatic heterocycles. The standard InChI is InChI=1S/C84H142N34O18S6/c1-7-44(6)63-79(136)116-58-40-141-138-37-55(114-71(128)53(33-45-18-9-8-10-19-45)103-60(119)34-101-64(121)46(21-13-27-96-80(86)87)104-66(123)48(106-75(58)132)20-11-12-26-85)73(130)108-50(24-16-30-99-83(92)93)68(125)111-56-38-139-142-41-59(77(134)118-63)112-69(126)51(25-17-31-100-84(94)95)109-74(131)57-39-140-137-36-54(113-70(127)52(32-42(2)3)110-76(56)133)72(129)107-49(23-15-29-98-82(90)91)67(124)105-47(22-14-28-97-81(88)89)65(122)102-35-61(120)117-62(43(4)5)78(135)115-57/h8-10,18-19,42-44,46-59,62-63H,7,11-17,20-41,85H2,1-6H3,(H,101,121)(H,102,122)(H,103,119)(H,104,123)(H,105,124)(H,106,132)(H,107,129)(H,108,130)(H,109,131)(H,110,133)(H,111,125)(H,112,126)(H,113,127)(H,114,128)(H,115,135)(H,116,136)(H,117,120)(H,118,134)(H4,86,87,96)(H4,88,89,97)(H4,90,91,98)(H4,92,93,99)(H4,94,95,100)/t44-,46-,47-,48-,49-,50-,51-,52-,53-,54-,55-,56-,57-,58-,59-,62-,63-/m0/s1. The van der Waals surface area contributed by atoms with Crippen molar-refractivity contribution in [3.8, 4) is 0 Å². The highest BCUT2D eigenvalue weighted by Gasteiger charge is 2.42. The highest BCUT2D eigenvalue weighted by molar-refractivity contribution is 8.77. The lowest BCUT2D eigenvalue weighted by Gasteiger charge is -2.30. The number of amides is 18. The minimum atomic E-state index is -1.81. The normalized spacial score (nSPS) is 25.6. The van der Waals surface area contributed by atoms with Crippen LogP contribution in [0.15, 0.2) is 30.3 Å². The Morgan fingerprint density at radius 1 is 0.317 bits per heavy atom. The molecular formula is C84H142N34O18S6. The molecule has 40 N–H and O–H groups in total. The Labute approximate surface area is 847 Å². The SMILES string of the molecule is CC[C@H](C)[C@@H]1NC(=O)[C@@H]2CSSC[C@H](NC(=O)[C@H](CCCNC(=N)N)NC(=O)[C@@H]3CSSC[C@H](NC1=O)C(=O)N[C@@H](CCCCN)C(=O)N[C@@H](CCCNC(=N)N)C(=O)NCC(=O)N[C@@H](Cc1ccccc1)C(=O)N3)C(=O)N[C@@H](CC(C)C)C(=O)N[C@H]1CSSC[C@H](NC(=O)[C@H](C(C)C)NC(=O)CNC(=O)[C@H](CCCNC(=N)N)NC(=O)[C@H](CCCNC(=N)N)NC1=O)C(=O)N[C@@H](CCCNC(=N)N)C(=O)N2.